The molecular formula is C28H39N5O2. The van der Waals surface area contributed by atoms with Crippen LogP contribution in [0.25, 0.3) is 11.4 Å². The van der Waals surface area contributed by atoms with E-state index in [2.05, 4.69) is 54.8 Å². The number of pyridine rings is 1. The minimum atomic E-state index is -1.24. The molecule has 1 fully saturated rings. The van der Waals surface area contributed by atoms with Gasteiger partial charge in [0.15, 0.2) is 11.6 Å². The summed E-state index contributed by atoms with van der Waals surface area (Å²) in [6.07, 6.45) is 3.47. The number of benzene rings is 1. The van der Waals surface area contributed by atoms with Gasteiger partial charge < -0.3 is 15.1 Å². The van der Waals surface area contributed by atoms with Gasteiger partial charge in [-0.05, 0) is 57.9 Å². The molecule has 1 aliphatic rings. The van der Waals surface area contributed by atoms with Crippen LogP contribution in [0.1, 0.15) is 82.9 Å². The minimum Gasteiger partial charge on any atom is -0.382 e. The summed E-state index contributed by atoms with van der Waals surface area (Å²) in [5.41, 5.74) is 0.760. The molecule has 35 heavy (non-hydrogen) atoms. The van der Waals surface area contributed by atoms with Crippen LogP contribution >= 0.6 is 0 Å². The van der Waals surface area contributed by atoms with Crippen LogP contribution < -0.4 is 0 Å². The first-order valence-electron chi connectivity index (χ1n) is 12.4. The second-order valence-corrected chi connectivity index (χ2v) is 11.5. The zero-order valence-corrected chi connectivity index (χ0v) is 22.2. The summed E-state index contributed by atoms with van der Waals surface area (Å²) in [7, 11) is 2.07. The molecule has 1 aromatic carbocycles. The van der Waals surface area contributed by atoms with Crippen molar-refractivity contribution >= 4 is 0 Å². The van der Waals surface area contributed by atoms with Crippen LogP contribution in [0.3, 0.4) is 0 Å². The fourth-order valence-corrected chi connectivity index (χ4v) is 5.33. The molecule has 0 bridgehead atoms. The van der Waals surface area contributed by atoms with E-state index in [9.17, 15) is 10.2 Å². The van der Waals surface area contributed by atoms with Crippen LogP contribution in [0.2, 0.25) is 0 Å². The lowest BCUT2D eigenvalue weighted by molar-refractivity contribution is -0.127. The molecule has 0 saturated carbocycles. The Morgan fingerprint density at radius 2 is 1.60 bits per heavy atom. The molecule has 4 rings (SSSR count). The predicted octanol–water partition coefficient (Wildman–Crippen LogP) is 4.46. The molecule has 2 N–H and O–H groups in total. The van der Waals surface area contributed by atoms with Gasteiger partial charge in [-0.1, -0.05) is 45.0 Å². The van der Waals surface area contributed by atoms with E-state index in [4.69, 9.17) is 5.10 Å². The monoisotopic (exact) mass is 477 g/mol. The lowest BCUT2D eigenvalue weighted by Crippen LogP contribution is -2.63. The Balaban J connectivity index is 1.84. The van der Waals surface area contributed by atoms with Crippen molar-refractivity contribution in [2.24, 2.45) is 5.41 Å². The second kappa shape index (κ2) is 8.80. The highest BCUT2D eigenvalue weighted by Crippen LogP contribution is 2.50. The highest BCUT2D eigenvalue weighted by molar-refractivity contribution is 5.56. The van der Waals surface area contributed by atoms with Gasteiger partial charge in [0.2, 0.25) is 0 Å². The van der Waals surface area contributed by atoms with Gasteiger partial charge in [0.25, 0.3) is 0 Å². The molecule has 0 amide bonds. The Morgan fingerprint density at radius 1 is 0.971 bits per heavy atom. The van der Waals surface area contributed by atoms with Gasteiger partial charge in [-0.25, -0.2) is 9.67 Å². The van der Waals surface area contributed by atoms with Gasteiger partial charge in [-0.2, -0.15) is 5.10 Å². The van der Waals surface area contributed by atoms with E-state index in [0.717, 1.165) is 18.7 Å². The van der Waals surface area contributed by atoms with E-state index in [-0.39, 0.29) is 11.5 Å². The Bertz CT molecular complexity index is 1190. The van der Waals surface area contributed by atoms with Gasteiger partial charge in [0.05, 0.1) is 0 Å². The molecule has 7 heteroatoms. The van der Waals surface area contributed by atoms with Crippen LogP contribution in [0.15, 0.2) is 42.7 Å². The minimum absolute atomic E-state index is 0.0367. The van der Waals surface area contributed by atoms with Crippen molar-refractivity contribution < 1.29 is 10.2 Å². The first kappa shape index (κ1) is 25.5. The standard InChI is InChI=1S/C28H39N5O2/c1-18(2)20-9-11-22(12-10-20)28(35,27(7)16-32(8)17-27)23-13-21(14-29-15-23)24-30-25(26(5,6)34)33(31-24)19(3)4/h9-15,18-19,34-35H,16-17H2,1-8H3. The SMILES string of the molecule is CC(C)c1ccc(C(O)(c2cncc(-c3nc(C(C)(C)O)n(C(C)C)n3)c2)C2(C)CN(C)C2)cc1. The Labute approximate surface area is 208 Å². The number of rotatable bonds is 7. The van der Waals surface area contributed by atoms with E-state index in [1.54, 1.807) is 30.9 Å². The third-order valence-corrected chi connectivity index (χ3v) is 7.19. The van der Waals surface area contributed by atoms with Gasteiger partial charge >= 0.3 is 0 Å². The summed E-state index contributed by atoms with van der Waals surface area (Å²) in [4.78, 5) is 11.4. The van der Waals surface area contributed by atoms with E-state index in [1.165, 1.54) is 5.56 Å². The van der Waals surface area contributed by atoms with Crippen LogP contribution in [0, 0.1) is 5.41 Å². The first-order valence-corrected chi connectivity index (χ1v) is 12.4. The molecule has 7 nitrogen and oxygen atoms in total. The average Bonchev–Trinajstić information content (AvgIpc) is 3.24. The smallest absolute Gasteiger partial charge is 0.183 e. The molecule has 0 spiro atoms. The van der Waals surface area contributed by atoms with Gasteiger partial charge in [0.1, 0.15) is 11.2 Å². The lowest BCUT2D eigenvalue weighted by Gasteiger charge is -2.55. The maximum Gasteiger partial charge on any atom is 0.183 e. The normalized spacial score (nSPS) is 18.1. The van der Waals surface area contributed by atoms with Crippen LogP contribution in [-0.4, -0.2) is 55.0 Å². The highest BCUT2D eigenvalue weighted by atomic mass is 16.3. The van der Waals surface area contributed by atoms with Gasteiger partial charge in [-0.3, -0.25) is 4.98 Å². The second-order valence-electron chi connectivity index (χ2n) is 11.5. The van der Waals surface area contributed by atoms with E-state index in [0.29, 0.717) is 28.7 Å². The highest BCUT2D eigenvalue weighted by Gasteiger charge is 2.55. The summed E-state index contributed by atoms with van der Waals surface area (Å²) < 4.78 is 1.75. The maximum atomic E-state index is 12.5. The van der Waals surface area contributed by atoms with Gasteiger partial charge in [0, 0.05) is 48.1 Å². The summed E-state index contributed by atoms with van der Waals surface area (Å²) in [6, 6.07) is 10.3. The number of hydrogen-bond acceptors (Lipinski definition) is 6. The van der Waals surface area contributed by atoms with Gasteiger partial charge in [-0.15, -0.1) is 0 Å². The molecule has 1 saturated heterocycles. The van der Waals surface area contributed by atoms with Crippen molar-refractivity contribution in [3.63, 3.8) is 0 Å². The number of hydrogen-bond donors (Lipinski definition) is 2. The first-order chi connectivity index (χ1) is 16.3. The molecule has 0 radical (unpaired) electrons. The van der Waals surface area contributed by atoms with E-state index < -0.39 is 11.2 Å². The quantitative estimate of drug-likeness (QED) is 0.522. The predicted molar refractivity (Wildman–Crippen MR) is 138 cm³/mol. The molecule has 1 aliphatic heterocycles. The summed E-state index contributed by atoms with van der Waals surface area (Å²) in [6.45, 7) is 15.4. The number of aliphatic hydroxyl groups is 2. The third-order valence-electron chi connectivity index (χ3n) is 7.19. The number of likely N-dealkylation sites (tertiary alicyclic amines) is 1. The Hall–Kier alpha value is -2.61. The van der Waals surface area contributed by atoms with E-state index in [1.807, 2.05) is 32.0 Å². The van der Waals surface area contributed by atoms with Crippen molar-refractivity contribution in [3.8, 4) is 11.4 Å². The molecule has 1 unspecified atom stereocenters. The molecule has 1 atom stereocenters. The number of nitrogens with zero attached hydrogens (tertiary/aromatic N) is 5. The van der Waals surface area contributed by atoms with Crippen molar-refractivity contribution in [1.29, 1.82) is 0 Å². The largest absolute Gasteiger partial charge is 0.382 e. The van der Waals surface area contributed by atoms with E-state index >= 15 is 0 Å². The van der Waals surface area contributed by atoms with Crippen LogP contribution in [0.5, 0.6) is 0 Å². The summed E-state index contributed by atoms with van der Waals surface area (Å²) in [5.74, 6) is 1.40. The molecular weight excluding hydrogens is 438 g/mol. The molecule has 188 valence electrons. The zero-order chi connectivity index (χ0) is 25.8. The molecule has 0 aliphatic carbocycles. The van der Waals surface area contributed by atoms with Crippen molar-refractivity contribution in [2.75, 3.05) is 20.1 Å². The zero-order valence-electron chi connectivity index (χ0n) is 22.2. The topological polar surface area (TPSA) is 87.3 Å². The summed E-state index contributed by atoms with van der Waals surface area (Å²) >= 11 is 0. The molecule has 2 aromatic heterocycles. The molecule has 3 heterocycles. The Kier molecular flexibility index (Phi) is 6.41. The van der Waals surface area contributed by atoms with Crippen molar-refractivity contribution in [2.45, 2.75) is 71.6 Å². The number of aromatic nitrogens is 4. The molecule has 3 aromatic rings. The fraction of sp³-hybridized carbons (Fsp3) is 0.536. The van der Waals surface area contributed by atoms with Crippen molar-refractivity contribution in [3.05, 3.63) is 65.2 Å². The fourth-order valence-electron chi connectivity index (χ4n) is 5.33. The Morgan fingerprint density at radius 3 is 2.09 bits per heavy atom. The summed E-state index contributed by atoms with van der Waals surface area (Å²) in [5, 5.41) is 27.8. The third kappa shape index (κ3) is 4.41. The van der Waals surface area contributed by atoms with Crippen molar-refractivity contribution in [1.82, 2.24) is 24.6 Å². The average molecular weight is 478 g/mol. The lowest BCUT2D eigenvalue weighted by atomic mass is 9.62. The maximum absolute atomic E-state index is 12.5. The van der Waals surface area contributed by atoms with Crippen LogP contribution in [0.4, 0.5) is 0 Å². The van der Waals surface area contributed by atoms with Crippen LogP contribution in [-0.2, 0) is 11.2 Å².